The topological polar surface area (TPSA) is 47.6 Å². The molecule has 0 unspecified atom stereocenters. The highest BCUT2D eigenvalue weighted by Crippen LogP contribution is 2.01. The van der Waals surface area contributed by atoms with Crippen LogP contribution in [0.3, 0.4) is 0 Å². The van der Waals surface area contributed by atoms with E-state index < -0.39 is 0 Å². The molecule has 0 aromatic rings. The quantitative estimate of drug-likeness (QED) is 0.658. The maximum absolute atomic E-state index is 11.7. The summed E-state index contributed by atoms with van der Waals surface area (Å²) < 4.78 is 0. The van der Waals surface area contributed by atoms with E-state index in [2.05, 4.69) is 41.2 Å². The van der Waals surface area contributed by atoms with Crippen molar-refractivity contribution in [2.75, 3.05) is 52.4 Å². The fraction of sp³-hybridized carbons (Fsp3) is 0.929. The van der Waals surface area contributed by atoms with E-state index in [1.54, 1.807) is 0 Å². The maximum atomic E-state index is 11.7. The van der Waals surface area contributed by atoms with Crippen LogP contribution in [0, 0.1) is 0 Å². The number of hydrogen-bond donors (Lipinski definition) is 2. The molecule has 1 rings (SSSR count). The molecule has 112 valence electrons. The largest absolute Gasteiger partial charge is 0.355 e. The van der Waals surface area contributed by atoms with Crippen LogP contribution in [0.15, 0.2) is 0 Å². The number of rotatable bonds is 8. The lowest BCUT2D eigenvalue weighted by molar-refractivity contribution is -0.121. The van der Waals surface area contributed by atoms with Gasteiger partial charge in [-0.3, -0.25) is 4.79 Å². The summed E-state index contributed by atoms with van der Waals surface area (Å²) in [4.78, 5) is 16.6. The predicted molar refractivity (Wildman–Crippen MR) is 79.3 cm³/mol. The Balaban J connectivity index is 2.07. The number of carbonyl (C=O) groups excluding carboxylic acids is 1. The first-order chi connectivity index (χ1) is 9.15. The number of amides is 1. The molecule has 0 saturated carbocycles. The van der Waals surface area contributed by atoms with Crippen molar-refractivity contribution in [3.05, 3.63) is 0 Å². The molecule has 1 saturated heterocycles. The Kier molecular flexibility index (Phi) is 8.02. The average Bonchev–Trinajstić information content (AvgIpc) is 2.44. The van der Waals surface area contributed by atoms with Crippen molar-refractivity contribution in [2.45, 2.75) is 33.2 Å². The highest BCUT2D eigenvalue weighted by Gasteiger charge is 2.16. The number of carbonyl (C=O) groups is 1. The van der Waals surface area contributed by atoms with Gasteiger partial charge in [0.2, 0.25) is 5.91 Å². The second-order valence-electron chi connectivity index (χ2n) is 5.29. The molecule has 1 aliphatic heterocycles. The summed E-state index contributed by atoms with van der Waals surface area (Å²) in [7, 11) is 0. The number of nitrogens with zero attached hydrogens (tertiary/aromatic N) is 2. The molecule has 0 bridgehead atoms. The van der Waals surface area contributed by atoms with Crippen LogP contribution >= 0.6 is 0 Å². The van der Waals surface area contributed by atoms with Crippen molar-refractivity contribution in [3.8, 4) is 0 Å². The normalized spacial score (nSPS) is 19.3. The molecule has 5 nitrogen and oxygen atoms in total. The summed E-state index contributed by atoms with van der Waals surface area (Å²) in [6.07, 6.45) is 0.616. The lowest BCUT2D eigenvalue weighted by atomic mass is 10.2. The van der Waals surface area contributed by atoms with Crippen molar-refractivity contribution >= 4 is 5.91 Å². The zero-order valence-electron chi connectivity index (χ0n) is 12.7. The van der Waals surface area contributed by atoms with Gasteiger partial charge in [-0.25, -0.2) is 0 Å². The van der Waals surface area contributed by atoms with Crippen LogP contribution in [0.1, 0.15) is 27.2 Å². The Morgan fingerprint density at radius 1 is 1.16 bits per heavy atom. The number of piperazine rings is 1. The van der Waals surface area contributed by atoms with Crippen LogP contribution in [-0.2, 0) is 4.79 Å². The highest BCUT2D eigenvalue weighted by molar-refractivity contribution is 5.76. The van der Waals surface area contributed by atoms with Crippen LogP contribution < -0.4 is 10.6 Å². The molecule has 0 aliphatic carbocycles. The van der Waals surface area contributed by atoms with Crippen molar-refractivity contribution in [2.24, 2.45) is 0 Å². The SMILES string of the molecule is CCN[C@H](C)CNC(=O)CCN1CCN(CC)CC1. The van der Waals surface area contributed by atoms with Gasteiger partial charge in [0.1, 0.15) is 0 Å². The highest BCUT2D eigenvalue weighted by atomic mass is 16.1. The Hall–Kier alpha value is -0.650. The maximum Gasteiger partial charge on any atom is 0.221 e. The lowest BCUT2D eigenvalue weighted by Gasteiger charge is -2.33. The van der Waals surface area contributed by atoms with E-state index in [1.807, 2.05) is 0 Å². The van der Waals surface area contributed by atoms with Crippen LogP contribution in [-0.4, -0.2) is 74.1 Å². The zero-order valence-corrected chi connectivity index (χ0v) is 12.7. The van der Waals surface area contributed by atoms with E-state index in [0.717, 1.165) is 52.4 Å². The summed E-state index contributed by atoms with van der Waals surface area (Å²) in [6, 6.07) is 0.349. The van der Waals surface area contributed by atoms with Crippen molar-refractivity contribution in [3.63, 3.8) is 0 Å². The summed E-state index contributed by atoms with van der Waals surface area (Å²) in [5.74, 6) is 0.169. The summed E-state index contributed by atoms with van der Waals surface area (Å²) >= 11 is 0. The van der Waals surface area contributed by atoms with Gasteiger partial charge < -0.3 is 20.4 Å². The molecule has 1 amide bonds. The summed E-state index contributed by atoms with van der Waals surface area (Å²) in [5, 5.41) is 6.28. The second kappa shape index (κ2) is 9.28. The molecule has 2 N–H and O–H groups in total. The average molecular weight is 270 g/mol. The Bertz CT molecular complexity index is 252. The van der Waals surface area contributed by atoms with Crippen LogP contribution in [0.2, 0.25) is 0 Å². The van der Waals surface area contributed by atoms with Gasteiger partial charge in [-0.15, -0.1) is 0 Å². The molecule has 0 aromatic carbocycles. The third kappa shape index (κ3) is 6.89. The minimum atomic E-state index is 0.169. The minimum Gasteiger partial charge on any atom is -0.355 e. The van der Waals surface area contributed by atoms with Crippen molar-refractivity contribution < 1.29 is 4.79 Å². The molecule has 1 aliphatic rings. The van der Waals surface area contributed by atoms with Gasteiger partial charge in [-0.2, -0.15) is 0 Å². The monoisotopic (exact) mass is 270 g/mol. The van der Waals surface area contributed by atoms with Gasteiger partial charge in [-0.1, -0.05) is 13.8 Å². The fourth-order valence-electron chi connectivity index (χ4n) is 2.36. The Labute approximate surface area is 117 Å². The molecular formula is C14H30N4O. The molecular weight excluding hydrogens is 240 g/mol. The summed E-state index contributed by atoms with van der Waals surface area (Å²) in [5.41, 5.74) is 0. The molecule has 1 fully saturated rings. The third-order valence-corrected chi connectivity index (χ3v) is 3.73. The van der Waals surface area contributed by atoms with E-state index in [9.17, 15) is 4.79 Å². The van der Waals surface area contributed by atoms with Gasteiger partial charge in [0, 0.05) is 51.7 Å². The van der Waals surface area contributed by atoms with Crippen molar-refractivity contribution in [1.29, 1.82) is 0 Å². The molecule has 5 heteroatoms. The second-order valence-corrected chi connectivity index (χ2v) is 5.29. The van der Waals surface area contributed by atoms with E-state index >= 15 is 0 Å². The van der Waals surface area contributed by atoms with Crippen LogP contribution in [0.4, 0.5) is 0 Å². The molecule has 0 spiro atoms. The molecule has 0 radical (unpaired) electrons. The fourth-order valence-corrected chi connectivity index (χ4v) is 2.36. The molecule has 19 heavy (non-hydrogen) atoms. The number of hydrogen-bond acceptors (Lipinski definition) is 4. The summed E-state index contributed by atoms with van der Waals surface area (Å²) in [6.45, 7) is 14.5. The lowest BCUT2D eigenvalue weighted by Crippen LogP contribution is -2.47. The third-order valence-electron chi connectivity index (χ3n) is 3.73. The van der Waals surface area contributed by atoms with Crippen LogP contribution in [0.5, 0.6) is 0 Å². The first-order valence-corrected chi connectivity index (χ1v) is 7.60. The van der Waals surface area contributed by atoms with Gasteiger partial charge >= 0.3 is 0 Å². The van der Waals surface area contributed by atoms with Gasteiger partial charge in [0.05, 0.1) is 0 Å². The Morgan fingerprint density at radius 2 is 1.79 bits per heavy atom. The van der Waals surface area contributed by atoms with E-state index in [-0.39, 0.29) is 5.91 Å². The van der Waals surface area contributed by atoms with Crippen molar-refractivity contribution in [1.82, 2.24) is 20.4 Å². The van der Waals surface area contributed by atoms with Gasteiger partial charge in [0.25, 0.3) is 0 Å². The number of nitrogens with one attached hydrogen (secondary N) is 2. The number of likely N-dealkylation sites (N-methyl/N-ethyl adjacent to an activating group) is 2. The van der Waals surface area contributed by atoms with Gasteiger partial charge in [-0.05, 0) is 20.0 Å². The Morgan fingerprint density at radius 3 is 2.37 bits per heavy atom. The van der Waals surface area contributed by atoms with Gasteiger partial charge in [0.15, 0.2) is 0 Å². The molecule has 1 atom stereocenters. The predicted octanol–water partition coefficient (Wildman–Crippen LogP) is 0.128. The van der Waals surface area contributed by atoms with E-state index in [0.29, 0.717) is 12.5 Å². The smallest absolute Gasteiger partial charge is 0.221 e. The van der Waals surface area contributed by atoms with E-state index in [4.69, 9.17) is 0 Å². The minimum absolute atomic E-state index is 0.169. The van der Waals surface area contributed by atoms with Crippen LogP contribution in [0.25, 0.3) is 0 Å². The first-order valence-electron chi connectivity index (χ1n) is 7.60. The van der Waals surface area contributed by atoms with E-state index in [1.165, 1.54) is 0 Å². The first kappa shape index (κ1) is 16.4. The molecule has 0 aromatic heterocycles. The molecule has 1 heterocycles. The zero-order chi connectivity index (χ0) is 14.1. The standard InChI is InChI=1S/C14H30N4O/c1-4-15-13(3)12-16-14(19)6-7-18-10-8-17(5-2)9-11-18/h13,15H,4-12H2,1-3H3,(H,16,19)/t13-/m1/s1.